The molecule has 0 atom stereocenters. The SMILES string of the molecule is CN(C)c1ccc2c(c1)[Si](C)(C)C1=CC(=[N+](C)C)C=CC1=C2c1ccccc1C(=O)O. The molecule has 0 saturated carbocycles. The molecule has 0 radical (unpaired) electrons. The molecule has 2 aromatic rings. The Labute approximate surface area is 185 Å². The maximum atomic E-state index is 12.1. The van der Waals surface area contributed by atoms with Crippen LogP contribution in [-0.2, 0) is 0 Å². The molecule has 1 aliphatic heterocycles. The van der Waals surface area contributed by atoms with Crippen LogP contribution in [0.5, 0.6) is 0 Å². The topological polar surface area (TPSA) is 43.5 Å². The third-order valence-corrected chi connectivity index (χ3v) is 9.87. The van der Waals surface area contributed by atoms with Gasteiger partial charge in [0.1, 0.15) is 22.2 Å². The van der Waals surface area contributed by atoms with Crippen LogP contribution >= 0.6 is 0 Å². The highest BCUT2D eigenvalue weighted by Gasteiger charge is 2.40. The lowest BCUT2D eigenvalue weighted by Crippen LogP contribution is -2.49. The van der Waals surface area contributed by atoms with Crippen LogP contribution in [-0.4, -0.2) is 57.6 Å². The predicted molar refractivity (Wildman–Crippen MR) is 132 cm³/mol. The first-order valence-electron chi connectivity index (χ1n) is 10.5. The van der Waals surface area contributed by atoms with E-state index in [0.717, 1.165) is 33.7 Å². The molecule has 4 nitrogen and oxygen atoms in total. The highest BCUT2D eigenvalue weighted by atomic mass is 28.3. The van der Waals surface area contributed by atoms with Crippen molar-refractivity contribution in [1.82, 2.24) is 0 Å². The van der Waals surface area contributed by atoms with Crippen LogP contribution in [0.2, 0.25) is 13.1 Å². The summed E-state index contributed by atoms with van der Waals surface area (Å²) in [7, 11) is 6.20. The van der Waals surface area contributed by atoms with E-state index in [1.54, 1.807) is 12.1 Å². The van der Waals surface area contributed by atoms with Gasteiger partial charge in [0.05, 0.1) is 5.56 Å². The van der Waals surface area contributed by atoms with Crippen LogP contribution in [0.3, 0.4) is 0 Å². The van der Waals surface area contributed by atoms with Crippen molar-refractivity contribution in [2.24, 2.45) is 0 Å². The maximum absolute atomic E-state index is 12.1. The Bertz CT molecular complexity index is 1230. The zero-order valence-electron chi connectivity index (χ0n) is 19.0. The summed E-state index contributed by atoms with van der Waals surface area (Å²) in [4.78, 5) is 14.2. The Hall–Kier alpha value is -3.18. The molecule has 2 aliphatic rings. The van der Waals surface area contributed by atoms with Gasteiger partial charge in [-0.25, -0.2) is 9.37 Å². The minimum absolute atomic E-state index is 0.337. The molecule has 1 heterocycles. The van der Waals surface area contributed by atoms with Crippen molar-refractivity contribution in [3.63, 3.8) is 0 Å². The summed E-state index contributed by atoms with van der Waals surface area (Å²) in [6.07, 6.45) is 6.61. The fourth-order valence-corrected chi connectivity index (χ4v) is 7.63. The van der Waals surface area contributed by atoms with Gasteiger partial charge in [-0.3, -0.25) is 0 Å². The Balaban J connectivity index is 2.13. The first-order chi connectivity index (χ1) is 14.6. The lowest BCUT2D eigenvalue weighted by atomic mass is 9.87. The monoisotopic (exact) mass is 429 g/mol. The third kappa shape index (κ3) is 3.39. The average molecular weight is 430 g/mol. The Morgan fingerprint density at radius 1 is 1.00 bits per heavy atom. The van der Waals surface area contributed by atoms with E-state index in [9.17, 15) is 9.90 Å². The van der Waals surface area contributed by atoms with Crippen molar-refractivity contribution in [1.29, 1.82) is 0 Å². The first kappa shape index (κ1) is 21.1. The largest absolute Gasteiger partial charge is 0.478 e. The lowest BCUT2D eigenvalue weighted by molar-refractivity contribution is -0.462. The van der Waals surface area contributed by atoms with E-state index in [0.29, 0.717) is 5.56 Å². The van der Waals surface area contributed by atoms with E-state index in [-0.39, 0.29) is 0 Å². The minimum Gasteiger partial charge on any atom is -0.478 e. The molecule has 158 valence electrons. The van der Waals surface area contributed by atoms with Crippen LogP contribution in [0.1, 0.15) is 21.5 Å². The van der Waals surface area contributed by atoms with Gasteiger partial charge >= 0.3 is 5.97 Å². The summed E-state index contributed by atoms with van der Waals surface area (Å²) in [6, 6.07) is 14.0. The second-order valence-corrected chi connectivity index (χ2v) is 13.4. The molecule has 0 aromatic heterocycles. The highest BCUT2D eigenvalue weighted by molar-refractivity contribution is 6.98. The van der Waals surface area contributed by atoms with Crippen molar-refractivity contribution >= 4 is 36.2 Å². The summed E-state index contributed by atoms with van der Waals surface area (Å²) in [5.41, 5.74) is 6.77. The minimum atomic E-state index is -2.03. The van der Waals surface area contributed by atoms with Gasteiger partial charge in [-0.2, -0.15) is 0 Å². The number of anilines is 1. The summed E-state index contributed by atoms with van der Waals surface area (Å²) in [5.74, 6) is -0.900. The van der Waals surface area contributed by atoms with Gasteiger partial charge < -0.3 is 10.0 Å². The smallest absolute Gasteiger partial charge is 0.336 e. The Morgan fingerprint density at radius 3 is 2.35 bits per heavy atom. The summed E-state index contributed by atoms with van der Waals surface area (Å²) in [5, 5.41) is 12.6. The number of hydrogen-bond donors (Lipinski definition) is 1. The molecule has 0 unspecified atom stereocenters. The van der Waals surface area contributed by atoms with Crippen LogP contribution in [0.25, 0.3) is 5.57 Å². The van der Waals surface area contributed by atoms with Gasteiger partial charge in [0.15, 0.2) is 5.71 Å². The predicted octanol–water partition coefficient (Wildman–Crippen LogP) is 3.93. The van der Waals surface area contributed by atoms with E-state index >= 15 is 0 Å². The number of allylic oxidation sites excluding steroid dienone is 5. The zero-order chi connectivity index (χ0) is 22.5. The first-order valence-corrected chi connectivity index (χ1v) is 13.5. The highest BCUT2D eigenvalue weighted by Crippen LogP contribution is 2.42. The summed E-state index contributed by atoms with van der Waals surface area (Å²) in [6.45, 7) is 4.78. The maximum Gasteiger partial charge on any atom is 0.336 e. The van der Waals surface area contributed by atoms with Crippen molar-refractivity contribution < 1.29 is 14.5 Å². The van der Waals surface area contributed by atoms with E-state index < -0.39 is 14.0 Å². The fourth-order valence-electron chi connectivity index (χ4n) is 4.56. The molecule has 1 aliphatic carbocycles. The number of benzene rings is 2. The number of rotatable bonds is 3. The third-order valence-electron chi connectivity index (χ3n) is 6.35. The fraction of sp³-hybridized carbons (Fsp3) is 0.231. The van der Waals surface area contributed by atoms with Crippen molar-refractivity contribution in [3.8, 4) is 0 Å². The van der Waals surface area contributed by atoms with Crippen LogP contribution in [0, 0.1) is 0 Å². The second kappa shape index (κ2) is 7.50. The molecule has 4 rings (SSSR count). The second-order valence-electron chi connectivity index (χ2n) is 9.10. The number of carboxylic acid groups (broad SMARTS) is 1. The molecule has 0 spiro atoms. The molecular formula is C26H29N2O2Si+. The standard InChI is InChI=1S/C26H28N2O2Si/c1-27(2)17-11-13-21-23(15-17)31(5,6)24-16-18(28(3)4)12-14-22(24)25(21)19-9-7-8-10-20(19)26(29)30/h7-16H,1-6H3/p+1. The quantitative estimate of drug-likeness (QED) is 0.594. The van der Waals surface area contributed by atoms with E-state index in [1.807, 2.05) is 12.1 Å². The van der Waals surface area contributed by atoms with Gasteiger partial charge in [0.2, 0.25) is 0 Å². The van der Waals surface area contributed by atoms with Crippen LogP contribution in [0.4, 0.5) is 5.69 Å². The van der Waals surface area contributed by atoms with Crippen LogP contribution < -0.4 is 10.1 Å². The van der Waals surface area contributed by atoms with Gasteiger partial charge in [-0.1, -0.05) is 37.4 Å². The average Bonchev–Trinajstić information content (AvgIpc) is 2.73. The van der Waals surface area contributed by atoms with E-state index in [4.69, 9.17) is 0 Å². The summed E-state index contributed by atoms with van der Waals surface area (Å²) >= 11 is 0. The molecular weight excluding hydrogens is 400 g/mol. The molecule has 0 fully saturated rings. The molecule has 0 saturated heterocycles. The summed E-state index contributed by atoms with van der Waals surface area (Å²) < 4.78 is 2.13. The van der Waals surface area contributed by atoms with E-state index in [1.165, 1.54) is 10.4 Å². The van der Waals surface area contributed by atoms with Crippen molar-refractivity contribution in [3.05, 3.63) is 88.2 Å². The molecule has 1 N–H and O–H groups in total. The van der Waals surface area contributed by atoms with E-state index in [2.05, 4.69) is 87.2 Å². The normalized spacial score (nSPS) is 16.5. The van der Waals surface area contributed by atoms with Gasteiger partial charge in [-0.15, -0.1) is 0 Å². The molecule has 31 heavy (non-hydrogen) atoms. The zero-order valence-corrected chi connectivity index (χ0v) is 20.0. The number of aromatic carboxylic acids is 1. The van der Waals surface area contributed by atoms with Crippen molar-refractivity contribution in [2.45, 2.75) is 13.1 Å². The number of fused-ring (bicyclic) bond motifs is 2. The Kier molecular flexibility index (Phi) is 5.10. The molecule has 5 heteroatoms. The van der Waals surface area contributed by atoms with Crippen LogP contribution in [0.15, 0.2) is 71.5 Å². The molecule has 2 aromatic carbocycles. The number of hydrogen-bond acceptors (Lipinski definition) is 2. The van der Waals surface area contributed by atoms with Gasteiger partial charge in [0, 0.05) is 31.9 Å². The number of carboxylic acids is 1. The Morgan fingerprint density at radius 2 is 1.71 bits per heavy atom. The lowest BCUT2D eigenvalue weighted by Gasteiger charge is -2.38. The molecule has 0 bridgehead atoms. The molecule has 0 amide bonds. The van der Waals surface area contributed by atoms with Gasteiger partial charge in [-0.05, 0) is 56.9 Å². The number of carbonyl (C=O) groups is 1. The van der Waals surface area contributed by atoms with Gasteiger partial charge in [0.25, 0.3) is 0 Å². The van der Waals surface area contributed by atoms with Crippen molar-refractivity contribution in [2.75, 3.05) is 33.1 Å². The number of nitrogens with zero attached hydrogens (tertiary/aromatic N) is 2.